The minimum absolute atomic E-state index is 0.132. The maximum Gasteiger partial charge on any atom is 0.326 e. The highest BCUT2D eigenvalue weighted by Crippen LogP contribution is 2.21. The van der Waals surface area contributed by atoms with Crippen molar-refractivity contribution in [1.82, 2.24) is 15.5 Å². The van der Waals surface area contributed by atoms with Crippen molar-refractivity contribution in [3.63, 3.8) is 0 Å². The van der Waals surface area contributed by atoms with Gasteiger partial charge in [0.05, 0.1) is 6.04 Å². The molecule has 0 bridgehead atoms. The Bertz CT molecular complexity index is 1080. The van der Waals surface area contributed by atoms with Crippen LogP contribution in [-0.4, -0.2) is 64.4 Å². The molecule has 0 spiro atoms. The Hall–Kier alpha value is -3.72. The molecule has 2 aromatic carbocycles. The van der Waals surface area contributed by atoms with E-state index in [0.29, 0.717) is 25.8 Å². The van der Waals surface area contributed by atoms with Gasteiger partial charge >= 0.3 is 5.97 Å². The number of carbonyl (C=O) groups is 4. The molecule has 9 nitrogen and oxygen atoms in total. The Labute approximate surface area is 217 Å². The molecule has 0 unspecified atom stereocenters. The number of hydrogen-bond acceptors (Lipinski definition) is 5. The van der Waals surface area contributed by atoms with Crippen molar-refractivity contribution in [2.24, 2.45) is 11.7 Å². The number of aliphatic carboxylic acids is 1. The minimum atomic E-state index is -1.15. The van der Waals surface area contributed by atoms with Gasteiger partial charge in [-0.25, -0.2) is 4.79 Å². The van der Waals surface area contributed by atoms with Crippen LogP contribution in [0.4, 0.5) is 0 Å². The fourth-order valence-corrected chi connectivity index (χ4v) is 4.53. The van der Waals surface area contributed by atoms with Crippen LogP contribution in [0.5, 0.6) is 0 Å². The van der Waals surface area contributed by atoms with E-state index < -0.39 is 42.0 Å². The lowest BCUT2D eigenvalue weighted by Gasteiger charge is -2.31. The standard InChI is InChI=1S/C28H36N4O5/c1-18(2)24(31-25(33)21(29)16-19-10-5-3-6-11-19)27(35)32-15-9-14-23(32)26(34)30-22(28(36)37)17-20-12-7-4-8-13-20/h3-8,10-13,18,21-24H,9,14-17,29H2,1-2H3,(H,30,34)(H,31,33)(H,36,37)/t21-,22-,23-,24-/m0/s1. The van der Waals surface area contributed by atoms with Crippen LogP contribution in [0.2, 0.25) is 0 Å². The summed E-state index contributed by atoms with van der Waals surface area (Å²) in [5, 5.41) is 15.1. The Kier molecular flexibility index (Phi) is 9.79. The van der Waals surface area contributed by atoms with Crippen molar-refractivity contribution in [1.29, 1.82) is 0 Å². The van der Waals surface area contributed by atoms with E-state index in [2.05, 4.69) is 10.6 Å². The molecule has 1 fully saturated rings. The van der Waals surface area contributed by atoms with E-state index in [1.54, 1.807) is 24.3 Å². The molecule has 1 heterocycles. The highest BCUT2D eigenvalue weighted by molar-refractivity contribution is 5.94. The molecular formula is C28H36N4O5. The number of nitrogens with two attached hydrogens (primary N) is 1. The molecular weight excluding hydrogens is 472 g/mol. The van der Waals surface area contributed by atoms with Crippen LogP contribution in [0, 0.1) is 5.92 Å². The smallest absolute Gasteiger partial charge is 0.326 e. The lowest BCUT2D eigenvalue weighted by Crippen LogP contribution is -2.58. The summed E-state index contributed by atoms with van der Waals surface area (Å²) in [5.74, 6) is -2.71. The van der Waals surface area contributed by atoms with Gasteiger partial charge in [-0.1, -0.05) is 74.5 Å². The Morgan fingerprint density at radius 3 is 2.05 bits per heavy atom. The van der Waals surface area contributed by atoms with Crippen LogP contribution < -0.4 is 16.4 Å². The van der Waals surface area contributed by atoms with Crippen molar-refractivity contribution < 1.29 is 24.3 Å². The fourth-order valence-electron chi connectivity index (χ4n) is 4.53. The van der Waals surface area contributed by atoms with Gasteiger partial charge < -0.3 is 26.4 Å². The van der Waals surface area contributed by atoms with Crippen LogP contribution in [0.3, 0.4) is 0 Å². The van der Waals surface area contributed by atoms with Gasteiger partial charge in [-0.3, -0.25) is 14.4 Å². The van der Waals surface area contributed by atoms with Crippen molar-refractivity contribution in [2.75, 3.05) is 6.54 Å². The van der Waals surface area contributed by atoms with Crippen molar-refractivity contribution in [2.45, 2.75) is 63.7 Å². The van der Waals surface area contributed by atoms with Crippen LogP contribution in [0.1, 0.15) is 37.8 Å². The number of carbonyl (C=O) groups excluding carboxylic acids is 3. The number of nitrogens with one attached hydrogen (secondary N) is 2. The maximum absolute atomic E-state index is 13.5. The van der Waals surface area contributed by atoms with Crippen molar-refractivity contribution >= 4 is 23.7 Å². The third-order valence-corrected chi connectivity index (χ3v) is 6.60. The Morgan fingerprint density at radius 2 is 1.51 bits per heavy atom. The van der Waals surface area contributed by atoms with Gasteiger partial charge in [0.25, 0.3) is 0 Å². The molecule has 5 N–H and O–H groups in total. The number of carboxylic acids is 1. The molecule has 3 rings (SSSR count). The average molecular weight is 509 g/mol. The quantitative estimate of drug-likeness (QED) is 0.362. The third kappa shape index (κ3) is 7.63. The summed E-state index contributed by atoms with van der Waals surface area (Å²) in [6.45, 7) is 3.98. The molecule has 0 aliphatic carbocycles. The topological polar surface area (TPSA) is 142 Å². The van der Waals surface area contributed by atoms with Gasteiger partial charge in [0.2, 0.25) is 17.7 Å². The molecule has 0 saturated carbocycles. The van der Waals surface area contributed by atoms with Gasteiger partial charge in [0.15, 0.2) is 0 Å². The van der Waals surface area contributed by atoms with E-state index in [4.69, 9.17) is 5.73 Å². The van der Waals surface area contributed by atoms with Crippen LogP contribution in [0.25, 0.3) is 0 Å². The molecule has 0 radical (unpaired) electrons. The largest absolute Gasteiger partial charge is 0.480 e. The van der Waals surface area contributed by atoms with E-state index >= 15 is 0 Å². The normalized spacial score (nSPS) is 17.6. The molecule has 1 aliphatic rings. The number of nitrogens with zero attached hydrogens (tertiary/aromatic N) is 1. The summed E-state index contributed by atoms with van der Waals surface area (Å²) < 4.78 is 0. The zero-order chi connectivity index (χ0) is 26.9. The summed E-state index contributed by atoms with van der Waals surface area (Å²) in [6.07, 6.45) is 1.49. The third-order valence-electron chi connectivity index (χ3n) is 6.60. The highest BCUT2D eigenvalue weighted by Gasteiger charge is 2.40. The maximum atomic E-state index is 13.5. The summed E-state index contributed by atoms with van der Waals surface area (Å²) in [7, 11) is 0. The minimum Gasteiger partial charge on any atom is -0.480 e. The number of amides is 3. The zero-order valence-corrected chi connectivity index (χ0v) is 21.3. The molecule has 1 saturated heterocycles. The van der Waals surface area contributed by atoms with Gasteiger partial charge in [0.1, 0.15) is 18.1 Å². The van der Waals surface area contributed by atoms with Gasteiger partial charge in [-0.05, 0) is 36.3 Å². The molecule has 4 atom stereocenters. The Balaban J connectivity index is 1.66. The molecule has 37 heavy (non-hydrogen) atoms. The molecule has 9 heteroatoms. The van der Waals surface area contributed by atoms with E-state index in [1.807, 2.05) is 50.2 Å². The van der Waals surface area contributed by atoms with E-state index in [0.717, 1.165) is 11.1 Å². The second kappa shape index (κ2) is 13.0. The first kappa shape index (κ1) is 27.9. The van der Waals surface area contributed by atoms with E-state index in [9.17, 15) is 24.3 Å². The molecule has 198 valence electrons. The molecule has 3 amide bonds. The lowest BCUT2D eigenvalue weighted by molar-refractivity contribution is -0.145. The van der Waals surface area contributed by atoms with Crippen LogP contribution >= 0.6 is 0 Å². The Morgan fingerprint density at radius 1 is 0.946 bits per heavy atom. The van der Waals surface area contributed by atoms with Crippen molar-refractivity contribution in [3.8, 4) is 0 Å². The monoisotopic (exact) mass is 508 g/mol. The second-order valence-electron chi connectivity index (χ2n) is 9.81. The fraction of sp³-hybridized carbons (Fsp3) is 0.429. The zero-order valence-electron chi connectivity index (χ0n) is 21.3. The number of carboxylic acid groups (broad SMARTS) is 1. The highest BCUT2D eigenvalue weighted by atomic mass is 16.4. The van der Waals surface area contributed by atoms with E-state index in [1.165, 1.54) is 4.90 Å². The lowest BCUT2D eigenvalue weighted by atomic mass is 10.00. The second-order valence-corrected chi connectivity index (χ2v) is 9.81. The van der Waals surface area contributed by atoms with Gasteiger partial charge in [0, 0.05) is 13.0 Å². The summed E-state index contributed by atoms with van der Waals surface area (Å²) >= 11 is 0. The van der Waals surface area contributed by atoms with Crippen LogP contribution in [-0.2, 0) is 32.0 Å². The summed E-state index contributed by atoms with van der Waals surface area (Å²) in [4.78, 5) is 52.7. The number of benzene rings is 2. The molecule has 0 aromatic heterocycles. The summed E-state index contributed by atoms with van der Waals surface area (Å²) in [6, 6.07) is 14.8. The first-order valence-corrected chi connectivity index (χ1v) is 12.6. The average Bonchev–Trinajstić information content (AvgIpc) is 3.37. The molecule has 2 aromatic rings. The van der Waals surface area contributed by atoms with Crippen LogP contribution in [0.15, 0.2) is 60.7 Å². The van der Waals surface area contributed by atoms with E-state index in [-0.39, 0.29) is 18.2 Å². The first-order chi connectivity index (χ1) is 17.7. The van der Waals surface area contributed by atoms with Crippen molar-refractivity contribution in [3.05, 3.63) is 71.8 Å². The predicted molar refractivity (Wildman–Crippen MR) is 139 cm³/mol. The number of likely N-dealkylation sites (tertiary alicyclic amines) is 1. The molecule has 1 aliphatic heterocycles. The number of rotatable bonds is 11. The predicted octanol–water partition coefficient (Wildman–Crippen LogP) is 1.50. The van der Waals surface area contributed by atoms with Gasteiger partial charge in [-0.2, -0.15) is 0 Å². The van der Waals surface area contributed by atoms with Gasteiger partial charge in [-0.15, -0.1) is 0 Å². The summed E-state index contributed by atoms with van der Waals surface area (Å²) in [5.41, 5.74) is 7.81. The number of hydrogen-bond donors (Lipinski definition) is 4. The SMILES string of the molecule is CC(C)[C@H](NC(=O)[C@@H](N)Cc1ccccc1)C(=O)N1CCC[C@H]1C(=O)N[C@@H](Cc1ccccc1)C(=O)O. The first-order valence-electron chi connectivity index (χ1n) is 12.6.